The quantitative estimate of drug-likeness (QED) is 0.919. The minimum Gasteiger partial charge on any atom is -0.330 e. The molecule has 2 N–H and O–H groups in total. The van der Waals surface area contributed by atoms with Crippen molar-refractivity contribution in [1.82, 2.24) is 9.78 Å². The Labute approximate surface area is 125 Å². The minimum absolute atomic E-state index is 0.684. The van der Waals surface area contributed by atoms with Crippen LogP contribution >= 0.6 is 15.9 Å². The summed E-state index contributed by atoms with van der Waals surface area (Å²) in [5, 5.41) is 4.60. The average Bonchev–Trinajstić information content (AvgIpc) is 2.67. The van der Waals surface area contributed by atoms with Crippen molar-refractivity contribution in [2.24, 2.45) is 23.5 Å². The van der Waals surface area contributed by atoms with Gasteiger partial charge in [-0.15, -0.1) is 0 Å². The van der Waals surface area contributed by atoms with Gasteiger partial charge in [0.25, 0.3) is 0 Å². The smallest absolute Gasteiger partial charge is 0.0738 e. The standard InChI is InChI=1S/C15H26BrN3/c1-4-19-14(15(16)11(3)18-19)8-13-7-10(2)5-6-12(13)9-17/h10,12-13H,4-9,17H2,1-3H3. The van der Waals surface area contributed by atoms with Gasteiger partial charge in [-0.2, -0.15) is 5.10 Å². The van der Waals surface area contributed by atoms with Crippen LogP contribution in [0.2, 0.25) is 0 Å². The predicted octanol–water partition coefficient (Wildman–Crippen LogP) is 3.53. The molecule has 1 fully saturated rings. The molecule has 4 heteroatoms. The molecule has 3 nitrogen and oxygen atoms in total. The van der Waals surface area contributed by atoms with Gasteiger partial charge in [0, 0.05) is 6.54 Å². The molecule has 2 rings (SSSR count). The van der Waals surface area contributed by atoms with Crippen LogP contribution in [-0.4, -0.2) is 16.3 Å². The van der Waals surface area contributed by atoms with Gasteiger partial charge in [-0.25, -0.2) is 0 Å². The van der Waals surface area contributed by atoms with Crippen LogP contribution < -0.4 is 5.73 Å². The van der Waals surface area contributed by atoms with Crippen LogP contribution in [0.1, 0.15) is 44.5 Å². The van der Waals surface area contributed by atoms with Gasteiger partial charge in [0.1, 0.15) is 0 Å². The van der Waals surface area contributed by atoms with Gasteiger partial charge in [0.15, 0.2) is 0 Å². The lowest BCUT2D eigenvalue weighted by molar-refractivity contribution is 0.190. The monoisotopic (exact) mass is 327 g/mol. The summed E-state index contributed by atoms with van der Waals surface area (Å²) < 4.78 is 3.34. The van der Waals surface area contributed by atoms with E-state index in [1.54, 1.807) is 0 Å². The number of aryl methyl sites for hydroxylation is 2. The highest BCUT2D eigenvalue weighted by molar-refractivity contribution is 9.10. The number of halogens is 1. The molecule has 0 amide bonds. The highest BCUT2D eigenvalue weighted by atomic mass is 79.9. The number of nitrogens with zero attached hydrogens (tertiary/aromatic N) is 2. The second-order valence-electron chi connectivity index (χ2n) is 6.04. The lowest BCUT2D eigenvalue weighted by atomic mass is 9.73. The Morgan fingerprint density at radius 1 is 1.37 bits per heavy atom. The normalized spacial score (nSPS) is 27.7. The molecule has 0 aromatic carbocycles. The van der Waals surface area contributed by atoms with Crippen LogP contribution in [0.15, 0.2) is 4.47 Å². The maximum Gasteiger partial charge on any atom is 0.0738 e. The fourth-order valence-electron chi connectivity index (χ4n) is 3.43. The van der Waals surface area contributed by atoms with Crippen LogP contribution in [0.25, 0.3) is 0 Å². The minimum atomic E-state index is 0.684. The second-order valence-corrected chi connectivity index (χ2v) is 6.83. The molecule has 0 bridgehead atoms. The van der Waals surface area contributed by atoms with Gasteiger partial charge < -0.3 is 5.73 Å². The summed E-state index contributed by atoms with van der Waals surface area (Å²) in [6.07, 6.45) is 5.05. The lowest BCUT2D eigenvalue weighted by Gasteiger charge is -2.34. The van der Waals surface area contributed by atoms with Crippen LogP contribution in [0.4, 0.5) is 0 Å². The molecule has 0 saturated heterocycles. The predicted molar refractivity (Wildman–Crippen MR) is 83.1 cm³/mol. The molecule has 1 saturated carbocycles. The van der Waals surface area contributed by atoms with Crippen molar-refractivity contribution in [3.05, 3.63) is 15.9 Å². The first-order valence-corrected chi connectivity index (χ1v) is 8.27. The van der Waals surface area contributed by atoms with E-state index >= 15 is 0 Å². The molecular weight excluding hydrogens is 302 g/mol. The van der Waals surface area contributed by atoms with Gasteiger partial charge in [0.05, 0.1) is 15.9 Å². The maximum absolute atomic E-state index is 5.97. The zero-order valence-corrected chi connectivity index (χ0v) is 13.9. The Balaban J connectivity index is 2.18. The van der Waals surface area contributed by atoms with Crippen molar-refractivity contribution in [2.75, 3.05) is 6.54 Å². The first kappa shape index (κ1) is 15.0. The van der Waals surface area contributed by atoms with Crippen LogP contribution in [0, 0.1) is 24.7 Å². The third kappa shape index (κ3) is 3.22. The number of hydrogen-bond acceptors (Lipinski definition) is 2. The summed E-state index contributed by atoms with van der Waals surface area (Å²) in [6.45, 7) is 8.37. The van der Waals surface area contributed by atoms with E-state index in [0.29, 0.717) is 11.8 Å². The van der Waals surface area contributed by atoms with E-state index in [9.17, 15) is 0 Å². The highest BCUT2D eigenvalue weighted by Crippen LogP contribution is 2.36. The van der Waals surface area contributed by atoms with Crippen LogP contribution in [0.5, 0.6) is 0 Å². The van der Waals surface area contributed by atoms with E-state index < -0.39 is 0 Å². The molecule has 0 radical (unpaired) electrons. The molecule has 1 aliphatic carbocycles. The summed E-state index contributed by atoms with van der Waals surface area (Å²) in [6, 6.07) is 0. The topological polar surface area (TPSA) is 43.8 Å². The highest BCUT2D eigenvalue weighted by Gasteiger charge is 2.29. The van der Waals surface area contributed by atoms with Gasteiger partial charge in [-0.3, -0.25) is 4.68 Å². The van der Waals surface area contributed by atoms with E-state index in [1.807, 2.05) is 0 Å². The number of hydrogen-bond donors (Lipinski definition) is 1. The molecule has 3 atom stereocenters. The summed E-state index contributed by atoms with van der Waals surface area (Å²) in [5.41, 5.74) is 8.43. The van der Waals surface area contributed by atoms with E-state index in [4.69, 9.17) is 5.73 Å². The summed E-state index contributed by atoms with van der Waals surface area (Å²) >= 11 is 3.71. The fourth-order valence-corrected chi connectivity index (χ4v) is 3.88. The van der Waals surface area contributed by atoms with Crippen molar-refractivity contribution in [1.29, 1.82) is 0 Å². The van der Waals surface area contributed by atoms with Crippen LogP contribution in [-0.2, 0) is 13.0 Å². The first-order chi connectivity index (χ1) is 9.06. The summed E-state index contributed by atoms with van der Waals surface area (Å²) in [7, 11) is 0. The third-order valence-corrected chi connectivity index (χ3v) is 5.64. The van der Waals surface area contributed by atoms with Crippen LogP contribution in [0.3, 0.4) is 0 Å². The largest absolute Gasteiger partial charge is 0.330 e. The van der Waals surface area contributed by atoms with Crippen molar-refractivity contribution < 1.29 is 0 Å². The van der Waals surface area contributed by atoms with Crippen molar-refractivity contribution in [2.45, 2.75) is 53.0 Å². The SMILES string of the molecule is CCn1nc(C)c(Br)c1CC1CC(C)CCC1CN. The van der Waals surface area contributed by atoms with E-state index in [-0.39, 0.29) is 0 Å². The van der Waals surface area contributed by atoms with Crippen molar-refractivity contribution in [3.63, 3.8) is 0 Å². The molecule has 108 valence electrons. The van der Waals surface area contributed by atoms with Crippen molar-refractivity contribution in [3.8, 4) is 0 Å². The molecule has 0 aliphatic heterocycles. The van der Waals surface area contributed by atoms with Gasteiger partial charge in [-0.05, 0) is 73.3 Å². The zero-order valence-electron chi connectivity index (χ0n) is 12.3. The van der Waals surface area contributed by atoms with Crippen molar-refractivity contribution >= 4 is 15.9 Å². The average molecular weight is 328 g/mol. The maximum atomic E-state index is 5.97. The zero-order chi connectivity index (χ0) is 14.0. The third-order valence-electron chi connectivity index (χ3n) is 4.61. The molecule has 1 aromatic heterocycles. The Morgan fingerprint density at radius 3 is 2.74 bits per heavy atom. The molecular formula is C15H26BrN3. The van der Waals surface area contributed by atoms with E-state index in [1.165, 1.54) is 29.4 Å². The summed E-state index contributed by atoms with van der Waals surface area (Å²) in [5.74, 6) is 2.24. The number of rotatable bonds is 4. The van der Waals surface area contributed by atoms with Gasteiger partial charge in [-0.1, -0.05) is 13.3 Å². The molecule has 3 unspecified atom stereocenters. The Morgan fingerprint density at radius 2 is 2.11 bits per heavy atom. The Bertz CT molecular complexity index is 427. The Hall–Kier alpha value is -0.350. The number of aromatic nitrogens is 2. The van der Waals surface area contributed by atoms with Gasteiger partial charge in [0.2, 0.25) is 0 Å². The second kappa shape index (κ2) is 6.40. The summed E-state index contributed by atoms with van der Waals surface area (Å²) in [4.78, 5) is 0. The van der Waals surface area contributed by atoms with Gasteiger partial charge >= 0.3 is 0 Å². The van der Waals surface area contributed by atoms with E-state index in [2.05, 4.69) is 46.5 Å². The lowest BCUT2D eigenvalue weighted by Crippen LogP contribution is -2.31. The molecule has 1 aromatic rings. The molecule has 1 heterocycles. The molecule has 1 aliphatic rings. The fraction of sp³-hybridized carbons (Fsp3) is 0.800. The first-order valence-electron chi connectivity index (χ1n) is 7.48. The Kier molecular flexibility index (Phi) is 5.07. The van der Waals surface area contributed by atoms with E-state index in [0.717, 1.165) is 31.1 Å². The molecule has 0 spiro atoms. The molecule has 19 heavy (non-hydrogen) atoms. The number of nitrogens with two attached hydrogens (primary N) is 1.